The third-order valence-corrected chi connectivity index (χ3v) is 1.64. The van der Waals surface area contributed by atoms with Gasteiger partial charge in [0.2, 0.25) is 5.91 Å². The molecule has 0 aliphatic carbocycles. The molecule has 78 valence electrons. The molecule has 0 atom stereocenters. The first kappa shape index (κ1) is 12.4. The Morgan fingerprint density at radius 3 is 2.50 bits per heavy atom. The van der Waals surface area contributed by atoms with Gasteiger partial charge in [0.15, 0.2) is 0 Å². The minimum absolute atomic E-state index is 0.0726. The van der Waals surface area contributed by atoms with Crippen LogP contribution in [0.1, 0.15) is 6.42 Å². The molecule has 0 heterocycles. The van der Waals surface area contributed by atoms with Crippen LogP contribution in [0.5, 0.6) is 0 Å². The van der Waals surface area contributed by atoms with E-state index >= 15 is 0 Å². The van der Waals surface area contributed by atoms with E-state index < -0.39 is 5.97 Å². The highest BCUT2D eigenvalue weighted by molar-refractivity contribution is 5.96. The predicted octanol–water partition coefficient (Wildman–Crippen LogP) is 0.750. The van der Waals surface area contributed by atoms with E-state index in [1.807, 2.05) is 0 Å². The lowest BCUT2D eigenvalue weighted by Crippen LogP contribution is -2.28. The Morgan fingerprint density at radius 1 is 1.50 bits per heavy atom. The van der Waals surface area contributed by atoms with Crippen molar-refractivity contribution in [3.05, 3.63) is 24.8 Å². The largest absolute Gasteiger partial charge is 0.469 e. The first-order chi connectivity index (χ1) is 6.52. The van der Waals surface area contributed by atoms with Crippen LogP contribution in [-0.4, -0.2) is 37.5 Å². The summed E-state index contributed by atoms with van der Waals surface area (Å²) in [5.41, 5.74) is 0.223. The van der Waals surface area contributed by atoms with Crippen LogP contribution >= 0.6 is 0 Å². The number of likely N-dealkylation sites (N-methyl/N-ethyl adjacent to an activating group) is 1. The Hall–Kier alpha value is -1.58. The molecular formula is C10H15NO3. The van der Waals surface area contributed by atoms with E-state index in [2.05, 4.69) is 17.9 Å². The van der Waals surface area contributed by atoms with E-state index in [4.69, 9.17) is 0 Å². The molecule has 4 heteroatoms. The van der Waals surface area contributed by atoms with Crippen LogP contribution in [0, 0.1) is 0 Å². The van der Waals surface area contributed by atoms with Gasteiger partial charge in [-0.05, 0) is 0 Å². The van der Waals surface area contributed by atoms with Crippen molar-refractivity contribution in [3.8, 4) is 0 Å². The molecule has 14 heavy (non-hydrogen) atoms. The maximum absolute atomic E-state index is 11.5. The first-order valence-electron chi connectivity index (χ1n) is 4.13. The molecule has 0 radical (unpaired) electrons. The van der Waals surface area contributed by atoms with Crippen LogP contribution in [0.4, 0.5) is 0 Å². The molecule has 0 unspecified atom stereocenters. The van der Waals surface area contributed by atoms with E-state index in [1.165, 1.54) is 12.0 Å². The molecule has 0 aromatic carbocycles. The molecule has 0 saturated heterocycles. The normalized spacial score (nSPS) is 9.00. The predicted molar refractivity (Wildman–Crippen MR) is 53.6 cm³/mol. The molecule has 0 aliphatic rings. The van der Waals surface area contributed by atoms with Crippen LogP contribution in [-0.2, 0) is 14.3 Å². The van der Waals surface area contributed by atoms with Crippen molar-refractivity contribution >= 4 is 11.9 Å². The molecule has 4 nitrogen and oxygen atoms in total. The Balaban J connectivity index is 4.18. The van der Waals surface area contributed by atoms with Gasteiger partial charge < -0.3 is 9.64 Å². The third-order valence-electron chi connectivity index (χ3n) is 1.64. The Bertz CT molecular complexity index is 258. The maximum atomic E-state index is 11.5. The molecular weight excluding hydrogens is 182 g/mol. The van der Waals surface area contributed by atoms with E-state index in [0.717, 1.165) is 0 Å². The fourth-order valence-electron chi connectivity index (χ4n) is 0.868. The number of rotatable bonds is 5. The highest BCUT2D eigenvalue weighted by Gasteiger charge is 2.14. The van der Waals surface area contributed by atoms with Crippen molar-refractivity contribution in [1.29, 1.82) is 0 Å². The third kappa shape index (κ3) is 3.89. The summed E-state index contributed by atoms with van der Waals surface area (Å²) in [4.78, 5) is 23.7. The Labute approximate surface area is 83.8 Å². The van der Waals surface area contributed by atoms with E-state index in [1.54, 1.807) is 13.1 Å². The van der Waals surface area contributed by atoms with Crippen molar-refractivity contribution < 1.29 is 14.3 Å². The number of amides is 1. The van der Waals surface area contributed by atoms with Crippen LogP contribution < -0.4 is 0 Å². The molecule has 0 N–H and O–H groups in total. The summed E-state index contributed by atoms with van der Waals surface area (Å²) in [6, 6.07) is 0. The second-order valence-corrected chi connectivity index (χ2v) is 2.83. The number of carbonyl (C=O) groups excluding carboxylic acids is 2. The zero-order valence-electron chi connectivity index (χ0n) is 8.58. The van der Waals surface area contributed by atoms with Crippen molar-refractivity contribution in [2.45, 2.75) is 6.42 Å². The highest BCUT2D eigenvalue weighted by atomic mass is 16.5. The van der Waals surface area contributed by atoms with Crippen LogP contribution in [0.15, 0.2) is 24.8 Å². The molecule has 0 aromatic rings. The number of methoxy groups -OCH3 is 1. The van der Waals surface area contributed by atoms with Gasteiger partial charge in [-0.3, -0.25) is 9.59 Å². The van der Waals surface area contributed by atoms with E-state index in [-0.39, 0.29) is 17.9 Å². The van der Waals surface area contributed by atoms with Crippen molar-refractivity contribution in [1.82, 2.24) is 4.90 Å². The lowest BCUT2D eigenvalue weighted by molar-refractivity contribution is -0.141. The summed E-state index contributed by atoms with van der Waals surface area (Å²) >= 11 is 0. The highest BCUT2D eigenvalue weighted by Crippen LogP contribution is 2.03. The summed E-state index contributed by atoms with van der Waals surface area (Å²) < 4.78 is 4.42. The molecule has 1 amide bonds. The fraction of sp³-hybridized carbons (Fsp3) is 0.400. The molecule has 0 aromatic heterocycles. The van der Waals surface area contributed by atoms with E-state index in [0.29, 0.717) is 6.54 Å². The minimum Gasteiger partial charge on any atom is -0.469 e. The average molecular weight is 197 g/mol. The summed E-state index contributed by atoms with van der Waals surface area (Å²) in [6.45, 7) is 7.45. The smallest absolute Gasteiger partial charge is 0.310 e. The molecule has 0 spiro atoms. The van der Waals surface area contributed by atoms with Gasteiger partial charge in [-0.1, -0.05) is 12.7 Å². The molecule has 0 saturated carbocycles. The molecule has 0 fully saturated rings. The van der Waals surface area contributed by atoms with Crippen molar-refractivity contribution in [3.63, 3.8) is 0 Å². The summed E-state index contributed by atoms with van der Waals surface area (Å²) in [5.74, 6) is -0.731. The molecule has 0 rings (SSSR count). The minimum atomic E-state index is -0.463. The molecule has 0 aliphatic heterocycles. The van der Waals surface area contributed by atoms with Gasteiger partial charge >= 0.3 is 5.97 Å². The Morgan fingerprint density at radius 2 is 2.07 bits per heavy atom. The topological polar surface area (TPSA) is 46.6 Å². The van der Waals surface area contributed by atoms with Crippen LogP contribution in [0.25, 0.3) is 0 Å². The van der Waals surface area contributed by atoms with Crippen LogP contribution in [0.2, 0.25) is 0 Å². The Kier molecular flexibility index (Phi) is 5.29. The summed E-state index contributed by atoms with van der Waals surface area (Å²) in [5, 5.41) is 0. The zero-order chi connectivity index (χ0) is 11.1. The number of esters is 1. The zero-order valence-corrected chi connectivity index (χ0v) is 8.58. The number of ether oxygens (including phenoxy) is 1. The number of carbonyl (C=O) groups is 2. The second-order valence-electron chi connectivity index (χ2n) is 2.83. The number of hydrogen-bond donors (Lipinski definition) is 0. The van der Waals surface area contributed by atoms with Gasteiger partial charge in [-0.25, -0.2) is 0 Å². The van der Waals surface area contributed by atoms with Crippen molar-refractivity contribution in [2.24, 2.45) is 0 Å². The number of nitrogens with zero attached hydrogens (tertiary/aromatic N) is 1. The van der Waals surface area contributed by atoms with Crippen molar-refractivity contribution in [2.75, 3.05) is 20.7 Å². The SMILES string of the molecule is C=CCN(C)C(=O)C(=C)CC(=O)OC. The lowest BCUT2D eigenvalue weighted by Gasteiger charge is -2.15. The monoisotopic (exact) mass is 197 g/mol. The van der Waals surface area contributed by atoms with E-state index in [9.17, 15) is 9.59 Å². The van der Waals surface area contributed by atoms with Gasteiger partial charge in [0.25, 0.3) is 0 Å². The summed E-state index contributed by atoms with van der Waals surface area (Å²) in [6.07, 6.45) is 1.53. The van der Waals surface area contributed by atoms with Gasteiger partial charge in [-0.2, -0.15) is 0 Å². The average Bonchev–Trinajstić information content (AvgIpc) is 2.16. The quantitative estimate of drug-likeness (QED) is 0.371. The lowest BCUT2D eigenvalue weighted by atomic mass is 10.2. The number of hydrogen-bond acceptors (Lipinski definition) is 3. The molecule has 0 bridgehead atoms. The maximum Gasteiger partial charge on any atom is 0.310 e. The fourth-order valence-corrected chi connectivity index (χ4v) is 0.868. The van der Waals surface area contributed by atoms with Gasteiger partial charge in [0, 0.05) is 19.2 Å². The second kappa shape index (κ2) is 5.96. The summed E-state index contributed by atoms with van der Waals surface area (Å²) in [7, 11) is 2.89. The van der Waals surface area contributed by atoms with Crippen LogP contribution in [0.3, 0.4) is 0 Å². The first-order valence-corrected chi connectivity index (χ1v) is 4.13. The standard InChI is InChI=1S/C10H15NO3/c1-5-6-11(3)10(13)8(2)7-9(12)14-4/h5H,1-2,6-7H2,3-4H3. The van der Waals surface area contributed by atoms with Gasteiger partial charge in [0.05, 0.1) is 13.5 Å². The van der Waals surface area contributed by atoms with Gasteiger partial charge in [0.1, 0.15) is 0 Å². The van der Waals surface area contributed by atoms with Gasteiger partial charge in [-0.15, -0.1) is 6.58 Å².